The average Bonchev–Trinajstić information content (AvgIpc) is 3.09. The molecule has 0 radical (unpaired) electrons. The van der Waals surface area contributed by atoms with Crippen molar-refractivity contribution in [1.29, 1.82) is 0 Å². The van der Waals surface area contributed by atoms with Crippen LogP contribution in [0.2, 0.25) is 0 Å². The van der Waals surface area contributed by atoms with Gasteiger partial charge in [0.05, 0.1) is 6.42 Å². The number of ether oxygens (including phenoxy) is 1. The highest BCUT2D eigenvalue weighted by Crippen LogP contribution is 2.18. The van der Waals surface area contributed by atoms with E-state index in [-0.39, 0.29) is 18.9 Å². The van der Waals surface area contributed by atoms with Gasteiger partial charge in [0.1, 0.15) is 5.69 Å². The Hall–Kier alpha value is -3.15. The molecule has 27 heavy (non-hydrogen) atoms. The van der Waals surface area contributed by atoms with Crippen LogP contribution in [-0.2, 0) is 27.2 Å². The van der Waals surface area contributed by atoms with Gasteiger partial charge in [0.25, 0.3) is 5.91 Å². The molecule has 1 amide bonds. The van der Waals surface area contributed by atoms with E-state index >= 15 is 0 Å². The number of esters is 1. The zero-order valence-electron chi connectivity index (χ0n) is 15.2. The van der Waals surface area contributed by atoms with Crippen molar-refractivity contribution in [2.75, 3.05) is 11.9 Å². The summed E-state index contributed by atoms with van der Waals surface area (Å²) in [7, 11) is 0. The van der Waals surface area contributed by atoms with Crippen LogP contribution in [0.1, 0.15) is 31.0 Å². The number of carbonyl (C=O) groups is 2. The standard InChI is InChI=1S/C21H22N2O4/c1-2-3-6-15-9-11-16(12-10-15)22-20(24)14-26-21(25)13-18-17-7-4-5-8-19(17)27-23-18/h4-5,7-12H,2-3,6,13-14H2,1H3,(H,22,24). The molecular formula is C21H22N2O4. The van der Waals surface area contributed by atoms with E-state index in [1.807, 2.05) is 42.5 Å². The van der Waals surface area contributed by atoms with Crippen LogP contribution in [0.4, 0.5) is 5.69 Å². The molecular weight excluding hydrogens is 344 g/mol. The number of hydrogen-bond donors (Lipinski definition) is 1. The fraction of sp³-hybridized carbons (Fsp3) is 0.286. The van der Waals surface area contributed by atoms with Crippen LogP contribution >= 0.6 is 0 Å². The van der Waals surface area contributed by atoms with Crippen LogP contribution in [0.15, 0.2) is 53.1 Å². The predicted molar refractivity (Wildman–Crippen MR) is 102 cm³/mol. The van der Waals surface area contributed by atoms with Crippen molar-refractivity contribution in [3.05, 3.63) is 59.8 Å². The number of rotatable bonds is 8. The predicted octanol–water partition coefficient (Wildman–Crippen LogP) is 3.89. The van der Waals surface area contributed by atoms with Crippen molar-refractivity contribution in [2.24, 2.45) is 0 Å². The highest BCUT2D eigenvalue weighted by atomic mass is 16.5. The number of nitrogens with one attached hydrogen (secondary N) is 1. The van der Waals surface area contributed by atoms with E-state index in [0.29, 0.717) is 17.0 Å². The summed E-state index contributed by atoms with van der Waals surface area (Å²) in [6, 6.07) is 15.0. The molecule has 0 saturated heterocycles. The Labute approximate surface area is 157 Å². The Morgan fingerprint density at radius 3 is 2.67 bits per heavy atom. The number of aryl methyl sites for hydroxylation is 1. The summed E-state index contributed by atoms with van der Waals surface area (Å²) < 4.78 is 10.2. The number of fused-ring (bicyclic) bond motifs is 1. The number of anilines is 1. The van der Waals surface area contributed by atoms with Crippen LogP contribution in [0.5, 0.6) is 0 Å². The van der Waals surface area contributed by atoms with Crippen molar-refractivity contribution in [3.63, 3.8) is 0 Å². The number of nitrogens with zero attached hydrogens (tertiary/aromatic N) is 1. The molecule has 0 fully saturated rings. The molecule has 1 N–H and O–H groups in total. The third-order valence-corrected chi connectivity index (χ3v) is 4.18. The number of benzene rings is 2. The van der Waals surface area contributed by atoms with Crippen molar-refractivity contribution < 1.29 is 18.8 Å². The summed E-state index contributed by atoms with van der Waals surface area (Å²) in [5, 5.41) is 7.37. The molecule has 3 aromatic rings. The van der Waals surface area contributed by atoms with Gasteiger partial charge in [-0.1, -0.05) is 42.8 Å². The number of aromatic nitrogens is 1. The van der Waals surface area contributed by atoms with Gasteiger partial charge >= 0.3 is 5.97 Å². The Morgan fingerprint density at radius 1 is 1.11 bits per heavy atom. The van der Waals surface area contributed by atoms with E-state index in [1.165, 1.54) is 5.56 Å². The molecule has 0 saturated carbocycles. The first-order valence-corrected chi connectivity index (χ1v) is 9.03. The second-order valence-electron chi connectivity index (χ2n) is 6.31. The zero-order chi connectivity index (χ0) is 19.1. The van der Waals surface area contributed by atoms with Gasteiger partial charge in [0, 0.05) is 11.1 Å². The highest BCUT2D eigenvalue weighted by Gasteiger charge is 2.14. The average molecular weight is 366 g/mol. The first-order valence-electron chi connectivity index (χ1n) is 9.03. The van der Waals surface area contributed by atoms with E-state index in [4.69, 9.17) is 9.26 Å². The largest absolute Gasteiger partial charge is 0.455 e. The summed E-state index contributed by atoms with van der Waals surface area (Å²) in [5.74, 6) is -0.909. The summed E-state index contributed by atoms with van der Waals surface area (Å²) in [5.41, 5.74) is 3.03. The third-order valence-electron chi connectivity index (χ3n) is 4.18. The molecule has 1 aromatic heterocycles. The molecule has 0 aliphatic carbocycles. The summed E-state index contributed by atoms with van der Waals surface area (Å²) in [6.45, 7) is 1.81. The highest BCUT2D eigenvalue weighted by molar-refractivity contribution is 5.93. The lowest BCUT2D eigenvalue weighted by Gasteiger charge is -2.07. The van der Waals surface area contributed by atoms with Crippen LogP contribution in [0.25, 0.3) is 11.0 Å². The van der Waals surface area contributed by atoms with Gasteiger partial charge in [-0.25, -0.2) is 0 Å². The molecule has 0 spiro atoms. The second-order valence-corrected chi connectivity index (χ2v) is 6.31. The van der Waals surface area contributed by atoms with E-state index in [2.05, 4.69) is 17.4 Å². The molecule has 0 atom stereocenters. The Balaban J connectivity index is 1.46. The van der Waals surface area contributed by atoms with Gasteiger partial charge in [-0.15, -0.1) is 0 Å². The maximum Gasteiger partial charge on any atom is 0.312 e. The minimum absolute atomic E-state index is 0.0452. The lowest BCUT2D eigenvalue weighted by atomic mass is 10.1. The summed E-state index contributed by atoms with van der Waals surface area (Å²) >= 11 is 0. The van der Waals surface area contributed by atoms with E-state index < -0.39 is 5.97 Å². The van der Waals surface area contributed by atoms with Crippen molar-refractivity contribution in [1.82, 2.24) is 5.16 Å². The number of para-hydroxylation sites is 1. The van der Waals surface area contributed by atoms with Crippen LogP contribution in [0.3, 0.4) is 0 Å². The Kier molecular flexibility index (Phi) is 6.20. The van der Waals surface area contributed by atoms with E-state index in [9.17, 15) is 9.59 Å². The lowest BCUT2D eigenvalue weighted by Crippen LogP contribution is -2.21. The molecule has 2 aromatic carbocycles. The molecule has 0 bridgehead atoms. The smallest absolute Gasteiger partial charge is 0.312 e. The normalized spacial score (nSPS) is 10.7. The molecule has 0 unspecified atom stereocenters. The zero-order valence-corrected chi connectivity index (χ0v) is 15.2. The van der Waals surface area contributed by atoms with E-state index in [1.54, 1.807) is 6.07 Å². The van der Waals surface area contributed by atoms with Crippen molar-refractivity contribution >= 4 is 28.5 Å². The quantitative estimate of drug-likeness (QED) is 0.612. The van der Waals surface area contributed by atoms with Crippen LogP contribution < -0.4 is 5.32 Å². The topological polar surface area (TPSA) is 81.4 Å². The number of carbonyl (C=O) groups excluding carboxylic acids is 2. The van der Waals surface area contributed by atoms with Crippen molar-refractivity contribution in [3.8, 4) is 0 Å². The van der Waals surface area contributed by atoms with Gasteiger partial charge in [-0.2, -0.15) is 0 Å². The Bertz CT molecular complexity index is 915. The van der Waals surface area contributed by atoms with Gasteiger partial charge in [0.2, 0.25) is 0 Å². The minimum atomic E-state index is -0.529. The van der Waals surface area contributed by atoms with E-state index in [0.717, 1.165) is 24.6 Å². The fourth-order valence-electron chi connectivity index (χ4n) is 2.73. The van der Waals surface area contributed by atoms with Gasteiger partial charge < -0.3 is 14.6 Å². The first kappa shape index (κ1) is 18.6. The van der Waals surface area contributed by atoms with Gasteiger partial charge in [0.15, 0.2) is 12.2 Å². The number of unbranched alkanes of at least 4 members (excludes halogenated alkanes) is 1. The van der Waals surface area contributed by atoms with Gasteiger partial charge in [-0.3, -0.25) is 9.59 Å². The van der Waals surface area contributed by atoms with Crippen molar-refractivity contribution in [2.45, 2.75) is 32.6 Å². The maximum absolute atomic E-state index is 12.0. The lowest BCUT2D eigenvalue weighted by molar-refractivity contribution is -0.146. The molecule has 140 valence electrons. The molecule has 0 aliphatic heterocycles. The Morgan fingerprint density at radius 2 is 1.89 bits per heavy atom. The maximum atomic E-state index is 12.0. The second kappa shape index (κ2) is 8.98. The molecule has 0 aliphatic rings. The molecule has 6 heteroatoms. The third kappa shape index (κ3) is 5.17. The van der Waals surface area contributed by atoms with Crippen LogP contribution in [-0.4, -0.2) is 23.6 Å². The van der Waals surface area contributed by atoms with Crippen LogP contribution in [0, 0.1) is 0 Å². The molecule has 6 nitrogen and oxygen atoms in total. The molecule has 1 heterocycles. The number of hydrogen-bond acceptors (Lipinski definition) is 5. The number of amides is 1. The fourth-order valence-corrected chi connectivity index (χ4v) is 2.73. The summed E-state index contributed by atoms with van der Waals surface area (Å²) in [4.78, 5) is 23.9. The first-order chi connectivity index (χ1) is 13.2. The van der Waals surface area contributed by atoms with Gasteiger partial charge in [-0.05, 0) is 42.7 Å². The SMILES string of the molecule is CCCCc1ccc(NC(=O)COC(=O)Cc2noc3ccccc23)cc1. The summed E-state index contributed by atoms with van der Waals surface area (Å²) in [6.07, 6.45) is 3.27. The molecule has 3 rings (SSSR count). The monoisotopic (exact) mass is 366 g/mol. The minimum Gasteiger partial charge on any atom is -0.455 e.